The van der Waals surface area contributed by atoms with Crippen molar-refractivity contribution in [3.05, 3.63) is 137 Å². The van der Waals surface area contributed by atoms with Gasteiger partial charge < -0.3 is 56.8 Å². The first-order chi connectivity index (χ1) is 32.4. The highest BCUT2D eigenvalue weighted by molar-refractivity contribution is 5.72. The highest BCUT2D eigenvalue weighted by atomic mass is 19.2. The fraction of sp³-hybridized carbons (Fsp3) is 0.479. The molecule has 0 atom stereocenters. The minimum Gasteiger partial charge on any atom is -0.420 e. The van der Waals surface area contributed by atoms with E-state index in [0.717, 1.165) is 16.7 Å². The lowest BCUT2D eigenvalue weighted by atomic mass is 9.80. The normalized spacial score (nSPS) is 11.7. The Kier molecular flexibility index (Phi) is 27.2. The second kappa shape index (κ2) is 33.1. The number of ether oxygens (including phenoxy) is 12. The van der Waals surface area contributed by atoms with Crippen molar-refractivity contribution in [2.24, 2.45) is 0 Å². The molecule has 0 fully saturated rings. The van der Waals surface area contributed by atoms with Crippen LogP contribution in [0.25, 0.3) is 0 Å². The number of rotatable bonds is 38. The lowest BCUT2D eigenvalue weighted by molar-refractivity contribution is -0.136. The quantitative estimate of drug-likeness (QED) is 0.00885. The Hall–Kier alpha value is -4.44. The van der Waals surface area contributed by atoms with Crippen molar-refractivity contribution in [3.8, 4) is 5.75 Å². The Morgan fingerprint density at radius 1 is 0.333 bits per heavy atom. The molecule has 0 bridgehead atoms. The molecule has 0 saturated heterocycles. The minimum absolute atomic E-state index is 0.0752. The van der Waals surface area contributed by atoms with Gasteiger partial charge in [0.1, 0.15) is 5.60 Å². The summed E-state index contributed by atoms with van der Waals surface area (Å²) < 4.78 is 133. The fourth-order valence-corrected chi connectivity index (χ4v) is 6.10. The van der Waals surface area contributed by atoms with Gasteiger partial charge in [-0.15, -0.1) is 0 Å². The van der Waals surface area contributed by atoms with Crippen LogP contribution in [-0.4, -0.2) is 145 Å². The first kappa shape index (κ1) is 54.2. The predicted octanol–water partition coefficient (Wildman–Crippen LogP) is 6.85. The van der Waals surface area contributed by atoms with Crippen molar-refractivity contribution in [1.82, 2.24) is 0 Å². The van der Waals surface area contributed by atoms with Crippen LogP contribution < -0.4 is 4.74 Å². The van der Waals surface area contributed by atoms with Crippen LogP contribution >= 0.6 is 0 Å². The van der Waals surface area contributed by atoms with E-state index in [1.165, 1.54) is 0 Å². The van der Waals surface area contributed by atoms with Gasteiger partial charge in [0.25, 0.3) is 0 Å². The summed E-state index contributed by atoms with van der Waals surface area (Å²) in [6.45, 7) is 7.29. The molecule has 4 aromatic carbocycles. The molecule has 0 radical (unpaired) electrons. The van der Waals surface area contributed by atoms with Crippen LogP contribution in [0.4, 0.5) is 22.0 Å². The number of halogens is 5. The molecule has 0 unspecified atom stereocenters. The van der Waals surface area contributed by atoms with E-state index in [1.807, 2.05) is 54.6 Å². The van der Waals surface area contributed by atoms with Crippen LogP contribution in [0.5, 0.6) is 5.75 Å². The van der Waals surface area contributed by atoms with E-state index >= 15 is 0 Å². The van der Waals surface area contributed by atoms with Gasteiger partial charge >= 0.3 is 5.97 Å². The molecule has 0 aromatic heterocycles. The van der Waals surface area contributed by atoms with E-state index in [2.05, 4.69) is 41.1 Å². The molecule has 13 nitrogen and oxygen atoms in total. The van der Waals surface area contributed by atoms with Gasteiger partial charge in [0, 0.05) is 0 Å². The van der Waals surface area contributed by atoms with Crippen molar-refractivity contribution >= 4 is 5.97 Å². The zero-order valence-electron chi connectivity index (χ0n) is 36.9. The first-order valence-electron chi connectivity index (χ1n) is 21.7. The maximum atomic E-state index is 13.6. The van der Waals surface area contributed by atoms with Gasteiger partial charge in [-0.2, -0.15) is 8.78 Å². The summed E-state index contributed by atoms with van der Waals surface area (Å²) in [6.07, 6.45) is -0.491. The molecule has 0 saturated carbocycles. The summed E-state index contributed by atoms with van der Waals surface area (Å²) >= 11 is 0. The summed E-state index contributed by atoms with van der Waals surface area (Å²) in [5.74, 6) is -14.2. The molecule has 0 spiro atoms. The Labute approximate surface area is 382 Å². The molecule has 0 heterocycles. The van der Waals surface area contributed by atoms with Crippen molar-refractivity contribution < 1.29 is 83.6 Å². The lowest BCUT2D eigenvalue weighted by Gasteiger charge is -2.36. The Morgan fingerprint density at radius 2 is 0.576 bits per heavy atom. The van der Waals surface area contributed by atoms with E-state index in [-0.39, 0.29) is 26.4 Å². The van der Waals surface area contributed by atoms with Crippen LogP contribution in [0.3, 0.4) is 0 Å². The highest BCUT2D eigenvalue weighted by Gasteiger charge is 2.37. The number of benzene rings is 4. The van der Waals surface area contributed by atoms with E-state index in [9.17, 15) is 26.7 Å². The van der Waals surface area contributed by atoms with Crippen LogP contribution in [-0.2, 0) is 62.5 Å². The molecule has 4 aromatic rings. The summed E-state index contributed by atoms with van der Waals surface area (Å²) in [7, 11) is 0. The number of esters is 1. The SMILES string of the molecule is O=C(CCOCCOCCOCCOCCOCCOCCOCCOCCOCCOCCOC(c1ccccc1)(c1ccccc1)c1ccccc1)Oc1c(F)c(F)c(F)c(F)c1F. The van der Waals surface area contributed by atoms with Gasteiger partial charge in [-0.3, -0.25) is 4.79 Å². The smallest absolute Gasteiger partial charge is 0.313 e. The third kappa shape index (κ3) is 19.4. The van der Waals surface area contributed by atoms with Gasteiger partial charge in [-0.1, -0.05) is 91.0 Å². The standard InChI is InChI=1S/C48H59F5O13/c49-42-43(50)45(52)47(46(53)44(42)51)66-41(54)16-17-55-18-19-56-20-21-57-22-23-58-24-25-59-26-27-60-28-29-61-30-31-62-32-33-63-34-35-64-36-37-65-48(38-10-4-1-5-11-38,39-12-6-2-7-13-39)40-14-8-3-9-15-40/h1-15H,16-37H2. The molecular weight excluding hydrogens is 880 g/mol. The zero-order valence-corrected chi connectivity index (χ0v) is 36.9. The molecule has 0 N–H and O–H groups in total. The second-order valence-corrected chi connectivity index (χ2v) is 13.9. The van der Waals surface area contributed by atoms with Crippen LogP contribution in [0.15, 0.2) is 91.0 Å². The summed E-state index contributed by atoms with van der Waals surface area (Å²) in [5.41, 5.74) is 2.36. The molecular formula is C48H59F5O13. The van der Waals surface area contributed by atoms with E-state index in [4.69, 9.17) is 52.1 Å². The molecule has 364 valence electrons. The van der Waals surface area contributed by atoms with Crippen LogP contribution in [0.1, 0.15) is 23.1 Å². The second-order valence-electron chi connectivity index (χ2n) is 13.9. The van der Waals surface area contributed by atoms with E-state index in [0.29, 0.717) is 112 Å². The monoisotopic (exact) mass is 938 g/mol. The number of hydrogen-bond donors (Lipinski definition) is 0. The minimum atomic E-state index is -2.35. The molecule has 18 heteroatoms. The third-order valence-corrected chi connectivity index (χ3v) is 9.27. The van der Waals surface area contributed by atoms with Gasteiger partial charge in [-0.25, -0.2) is 13.2 Å². The summed E-state index contributed by atoms with van der Waals surface area (Å²) in [5, 5.41) is 0. The topological polar surface area (TPSA) is 128 Å². The number of carbonyl (C=O) groups excluding carboxylic acids is 1. The molecule has 0 amide bonds. The van der Waals surface area contributed by atoms with Gasteiger partial charge in [0.15, 0.2) is 0 Å². The van der Waals surface area contributed by atoms with Crippen molar-refractivity contribution in [2.75, 3.05) is 139 Å². The Morgan fingerprint density at radius 3 is 0.864 bits per heavy atom. The predicted molar refractivity (Wildman–Crippen MR) is 230 cm³/mol. The third-order valence-electron chi connectivity index (χ3n) is 9.27. The van der Waals surface area contributed by atoms with Gasteiger partial charge in [0.05, 0.1) is 145 Å². The summed E-state index contributed by atoms with van der Waals surface area (Å²) in [6, 6.07) is 30.7. The number of hydrogen-bond acceptors (Lipinski definition) is 13. The largest absolute Gasteiger partial charge is 0.420 e. The average molecular weight is 939 g/mol. The van der Waals surface area contributed by atoms with Gasteiger partial charge in [-0.05, 0) is 16.7 Å². The van der Waals surface area contributed by atoms with E-state index < -0.39 is 52.8 Å². The maximum absolute atomic E-state index is 13.6. The first-order valence-corrected chi connectivity index (χ1v) is 21.7. The van der Waals surface area contributed by atoms with Gasteiger partial charge in [0.2, 0.25) is 34.8 Å². The van der Waals surface area contributed by atoms with Crippen molar-refractivity contribution in [1.29, 1.82) is 0 Å². The van der Waals surface area contributed by atoms with Crippen molar-refractivity contribution in [2.45, 2.75) is 12.0 Å². The van der Waals surface area contributed by atoms with Crippen LogP contribution in [0.2, 0.25) is 0 Å². The highest BCUT2D eigenvalue weighted by Crippen LogP contribution is 2.40. The fourth-order valence-electron chi connectivity index (χ4n) is 6.10. The molecule has 0 aliphatic carbocycles. The summed E-state index contributed by atoms with van der Waals surface area (Å²) in [4.78, 5) is 11.7. The lowest BCUT2D eigenvalue weighted by Crippen LogP contribution is -2.34. The Balaban J connectivity index is 0.846. The van der Waals surface area contributed by atoms with Crippen molar-refractivity contribution in [3.63, 3.8) is 0 Å². The average Bonchev–Trinajstić information content (AvgIpc) is 3.35. The molecule has 0 aliphatic rings. The number of carbonyl (C=O) groups is 1. The van der Waals surface area contributed by atoms with Crippen LogP contribution in [0, 0.1) is 29.1 Å². The molecule has 4 rings (SSSR count). The molecule has 66 heavy (non-hydrogen) atoms. The molecule has 0 aliphatic heterocycles. The zero-order chi connectivity index (χ0) is 46.9. The maximum Gasteiger partial charge on any atom is 0.313 e. The Bertz CT molecular complexity index is 1760. The van der Waals surface area contributed by atoms with E-state index in [1.54, 1.807) is 0 Å².